The van der Waals surface area contributed by atoms with Gasteiger partial charge in [0, 0.05) is 11.4 Å². The Labute approximate surface area is 88.0 Å². The summed E-state index contributed by atoms with van der Waals surface area (Å²) in [7, 11) is 0. The van der Waals surface area contributed by atoms with Gasteiger partial charge in [-0.2, -0.15) is 0 Å². The van der Waals surface area contributed by atoms with E-state index < -0.39 is 0 Å². The molecule has 6 N–H and O–H groups in total. The predicted octanol–water partition coefficient (Wildman–Crippen LogP) is 0.478. The number of ether oxygens (including phenoxy) is 1. The molecule has 0 fully saturated rings. The minimum atomic E-state index is -0.276. The molecule has 0 aliphatic rings. The second kappa shape index (κ2) is 5.98. The zero-order valence-corrected chi connectivity index (χ0v) is 8.87. The van der Waals surface area contributed by atoms with E-state index >= 15 is 0 Å². The highest BCUT2D eigenvalue weighted by molar-refractivity contribution is 7.08. The fourth-order valence-electron chi connectivity index (χ4n) is 1.03. The van der Waals surface area contributed by atoms with E-state index in [0.29, 0.717) is 6.61 Å². The van der Waals surface area contributed by atoms with Gasteiger partial charge in [0.2, 0.25) is 0 Å². The summed E-state index contributed by atoms with van der Waals surface area (Å²) in [6.07, 6.45) is 1.25. The van der Waals surface area contributed by atoms with Gasteiger partial charge in [-0.1, -0.05) is 0 Å². The summed E-state index contributed by atoms with van der Waals surface area (Å²) < 4.78 is 5.44. The number of thiophene rings is 1. The number of hydrogen-bond donors (Lipinski definition) is 3. The van der Waals surface area contributed by atoms with Crippen LogP contribution < -0.4 is 21.9 Å². The Morgan fingerprint density at radius 2 is 2.07 bits per heavy atom. The lowest BCUT2D eigenvalue weighted by atomic mass is 10.1. The Morgan fingerprint density at radius 3 is 2.64 bits per heavy atom. The fraction of sp³-hybridized carbons (Fsp3) is 0.556. The molecule has 1 atom stereocenters. The van der Waals surface area contributed by atoms with Gasteiger partial charge in [0.25, 0.3) is 0 Å². The van der Waals surface area contributed by atoms with E-state index in [1.54, 1.807) is 11.3 Å². The molecule has 0 spiro atoms. The summed E-state index contributed by atoms with van der Waals surface area (Å²) in [5.41, 5.74) is 16.6. The van der Waals surface area contributed by atoms with Crippen LogP contribution in [0.5, 0.6) is 5.75 Å². The van der Waals surface area contributed by atoms with E-state index in [0.717, 1.165) is 18.6 Å². The molecule has 0 aliphatic carbocycles. The van der Waals surface area contributed by atoms with Gasteiger partial charge in [0.15, 0.2) is 0 Å². The third kappa shape index (κ3) is 4.57. The SMILES string of the molecule is NC(N)CCC(N)COc1ccsc1. The minimum absolute atomic E-state index is 0.00417. The van der Waals surface area contributed by atoms with Crippen LogP contribution >= 0.6 is 11.3 Å². The number of hydrogen-bond acceptors (Lipinski definition) is 5. The fourth-order valence-corrected chi connectivity index (χ4v) is 1.60. The second-order valence-corrected chi connectivity index (χ2v) is 4.05. The van der Waals surface area contributed by atoms with Crippen molar-refractivity contribution in [3.05, 3.63) is 16.8 Å². The molecular weight excluding hydrogens is 198 g/mol. The van der Waals surface area contributed by atoms with Crippen molar-refractivity contribution in [2.45, 2.75) is 25.0 Å². The van der Waals surface area contributed by atoms with Crippen molar-refractivity contribution < 1.29 is 4.74 Å². The number of rotatable bonds is 6. The zero-order valence-electron chi connectivity index (χ0n) is 8.06. The Balaban J connectivity index is 2.12. The van der Waals surface area contributed by atoms with E-state index in [4.69, 9.17) is 21.9 Å². The van der Waals surface area contributed by atoms with Crippen molar-refractivity contribution in [3.63, 3.8) is 0 Å². The lowest BCUT2D eigenvalue weighted by Crippen LogP contribution is -2.35. The molecule has 1 rings (SSSR count). The van der Waals surface area contributed by atoms with E-state index in [1.807, 2.05) is 16.8 Å². The van der Waals surface area contributed by atoms with Crippen LogP contribution in [0.4, 0.5) is 0 Å². The molecule has 0 saturated carbocycles. The van der Waals surface area contributed by atoms with E-state index in [9.17, 15) is 0 Å². The lowest BCUT2D eigenvalue weighted by molar-refractivity contribution is 0.279. The third-order valence-corrected chi connectivity index (χ3v) is 2.49. The molecule has 0 bridgehead atoms. The predicted molar refractivity (Wildman–Crippen MR) is 59.2 cm³/mol. The van der Waals surface area contributed by atoms with Crippen LogP contribution in [0, 0.1) is 0 Å². The third-order valence-electron chi connectivity index (χ3n) is 1.83. The molecule has 0 aromatic carbocycles. The van der Waals surface area contributed by atoms with Crippen LogP contribution in [0.2, 0.25) is 0 Å². The standard InChI is InChI=1S/C9H17N3OS/c10-7(1-2-9(11)12)5-13-8-3-4-14-6-8/h3-4,6-7,9H,1-2,5,10-12H2. The average molecular weight is 215 g/mol. The summed E-state index contributed by atoms with van der Waals surface area (Å²) >= 11 is 1.60. The van der Waals surface area contributed by atoms with Gasteiger partial charge >= 0.3 is 0 Å². The Kier molecular flexibility index (Phi) is 4.89. The number of nitrogens with two attached hydrogens (primary N) is 3. The molecule has 0 amide bonds. The quantitative estimate of drug-likeness (QED) is 0.602. The van der Waals surface area contributed by atoms with Gasteiger partial charge in [0.05, 0.1) is 6.17 Å². The first-order valence-electron chi connectivity index (χ1n) is 4.60. The maximum atomic E-state index is 5.81. The smallest absolute Gasteiger partial charge is 0.130 e. The minimum Gasteiger partial charge on any atom is -0.491 e. The summed E-state index contributed by atoms with van der Waals surface area (Å²) in [5, 5.41) is 3.91. The molecule has 1 unspecified atom stereocenters. The molecule has 80 valence electrons. The van der Waals surface area contributed by atoms with Crippen molar-refractivity contribution in [1.29, 1.82) is 0 Å². The van der Waals surface area contributed by atoms with Crippen molar-refractivity contribution in [2.75, 3.05) is 6.61 Å². The van der Waals surface area contributed by atoms with E-state index in [-0.39, 0.29) is 12.2 Å². The van der Waals surface area contributed by atoms with Crippen molar-refractivity contribution in [1.82, 2.24) is 0 Å². The highest BCUT2D eigenvalue weighted by atomic mass is 32.1. The lowest BCUT2D eigenvalue weighted by Gasteiger charge is -2.13. The monoisotopic (exact) mass is 215 g/mol. The molecule has 1 aromatic heterocycles. The van der Waals surface area contributed by atoms with Gasteiger partial charge in [-0.15, -0.1) is 11.3 Å². The molecule has 1 heterocycles. The molecule has 0 saturated heterocycles. The molecular formula is C9H17N3OS. The Hall–Kier alpha value is -0.620. The van der Waals surface area contributed by atoms with Gasteiger partial charge < -0.3 is 21.9 Å². The first-order valence-corrected chi connectivity index (χ1v) is 5.54. The van der Waals surface area contributed by atoms with Gasteiger partial charge in [-0.05, 0) is 24.3 Å². The van der Waals surface area contributed by atoms with E-state index in [2.05, 4.69) is 0 Å². The largest absolute Gasteiger partial charge is 0.491 e. The molecule has 14 heavy (non-hydrogen) atoms. The summed E-state index contributed by atoms with van der Waals surface area (Å²) in [6.45, 7) is 0.517. The Bertz CT molecular complexity index is 238. The molecule has 5 heteroatoms. The van der Waals surface area contributed by atoms with Gasteiger partial charge in [0.1, 0.15) is 12.4 Å². The summed E-state index contributed by atoms with van der Waals surface area (Å²) in [4.78, 5) is 0. The maximum absolute atomic E-state index is 5.81. The first kappa shape index (κ1) is 11.5. The molecule has 0 aliphatic heterocycles. The normalized spacial score (nSPS) is 13.1. The van der Waals surface area contributed by atoms with Crippen molar-refractivity contribution >= 4 is 11.3 Å². The topological polar surface area (TPSA) is 87.3 Å². The van der Waals surface area contributed by atoms with E-state index in [1.165, 1.54) is 0 Å². The highest BCUT2D eigenvalue weighted by Gasteiger charge is 2.05. The average Bonchev–Trinajstić information content (AvgIpc) is 2.63. The second-order valence-electron chi connectivity index (χ2n) is 3.27. The van der Waals surface area contributed by atoms with Gasteiger partial charge in [-0.3, -0.25) is 0 Å². The van der Waals surface area contributed by atoms with Crippen molar-refractivity contribution in [2.24, 2.45) is 17.2 Å². The van der Waals surface area contributed by atoms with Crippen LogP contribution in [0.3, 0.4) is 0 Å². The van der Waals surface area contributed by atoms with Crippen LogP contribution in [0.1, 0.15) is 12.8 Å². The van der Waals surface area contributed by atoms with Crippen LogP contribution in [-0.2, 0) is 0 Å². The molecule has 4 nitrogen and oxygen atoms in total. The Morgan fingerprint density at radius 1 is 1.29 bits per heavy atom. The maximum Gasteiger partial charge on any atom is 0.130 e. The highest BCUT2D eigenvalue weighted by Crippen LogP contribution is 2.14. The van der Waals surface area contributed by atoms with Crippen LogP contribution in [-0.4, -0.2) is 18.8 Å². The summed E-state index contributed by atoms with van der Waals surface area (Å²) in [5.74, 6) is 0.877. The van der Waals surface area contributed by atoms with Crippen molar-refractivity contribution in [3.8, 4) is 5.75 Å². The molecule has 1 aromatic rings. The zero-order chi connectivity index (χ0) is 10.4. The van der Waals surface area contributed by atoms with Crippen LogP contribution in [0.15, 0.2) is 16.8 Å². The summed E-state index contributed by atoms with van der Waals surface area (Å²) in [6, 6.07) is 1.93. The van der Waals surface area contributed by atoms with Gasteiger partial charge in [-0.25, -0.2) is 0 Å². The first-order chi connectivity index (χ1) is 6.68. The van der Waals surface area contributed by atoms with Crippen LogP contribution in [0.25, 0.3) is 0 Å². The molecule has 0 radical (unpaired) electrons.